The van der Waals surface area contributed by atoms with Gasteiger partial charge in [-0.1, -0.05) is 31.4 Å². The second-order valence-corrected chi connectivity index (χ2v) is 4.99. The van der Waals surface area contributed by atoms with E-state index in [1.807, 2.05) is 0 Å². The van der Waals surface area contributed by atoms with Crippen molar-refractivity contribution in [3.63, 3.8) is 0 Å². The molecule has 0 radical (unpaired) electrons. The lowest BCUT2D eigenvalue weighted by molar-refractivity contribution is 0.514. The van der Waals surface area contributed by atoms with Crippen LogP contribution in [0, 0.1) is 24.2 Å². The average Bonchev–Trinajstić information content (AvgIpc) is 2.54. The summed E-state index contributed by atoms with van der Waals surface area (Å²) in [6, 6.07) is 11.2. The van der Waals surface area contributed by atoms with Gasteiger partial charge < -0.3 is 5.32 Å². The number of hydrogen-bond donors (Lipinski definition) is 1. The van der Waals surface area contributed by atoms with Gasteiger partial charge in [0.1, 0.15) is 0 Å². The second-order valence-electron chi connectivity index (χ2n) is 4.99. The molecule has 2 unspecified atom stereocenters. The van der Waals surface area contributed by atoms with Gasteiger partial charge in [0, 0.05) is 11.7 Å². The molecule has 1 N–H and O–H groups in total. The molecular formula is C15H20N2. The Bertz CT molecular complexity index is 406. The molecule has 0 spiro atoms. The van der Waals surface area contributed by atoms with Crippen LogP contribution in [0.3, 0.4) is 0 Å². The molecule has 1 aliphatic carbocycles. The molecule has 1 aliphatic rings. The van der Waals surface area contributed by atoms with Gasteiger partial charge in [-0.3, -0.25) is 0 Å². The average molecular weight is 228 g/mol. The standard InChI is InChI=1S/C15H20N2/c1-12-6-5-8-14(10-12)17-15-9-4-2-3-7-13(15)11-16/h5-6,8,10,13,15,17H,2-4,7,9H2,1H3. The van der Waals surface area contributed by atoms with E-state index in [1.165, 1.54) is 24.8 Å². The highest BCUT2D eigenvalue weighted by Crippen LogP contribution is 2.26. The van der Waals surface area contributed by atoms with Crippen molar-refractivity contribution in [2.45, 2.75) is 45.1 Å². The summed E-state index contributed by atoms with van der Waals surface area (Å²) in [5, 5.41) is 12.8. The molecule has 0 aromatic heterocycles. The van der Waals surface area contributed by atoms with Crippen molar-refractivity contribution in [2.75, 3.05) is 5.32 Å². The van der Waals surface area contributed by atoms with Crippen LogP contribution in [0.1, 0.15) is 37.7 Å². The maximum absolute atomic E-state index is 9.23. The molecule has 1 fully saturated rings. The summed E-state index contributed by atoms with van der Waals surface area (Å²) in [5.41, 5.74) is 2.41. The van der Waals surface area contributed by atoms with Gasteiger partial charge in [0.2, 0.25) is 0 Å². The van der Waals surface area contributed by atoms with Gasteiger partial charge in [-0.15, -0.1) is 0 Å². The highest BCUT2D eigenvalue weighted by Gasteiger charge is 2.23. The fourth-order valence-electron chi connectivity index (χ4n) is 2.58. The molecule has 0 saturated heterocycles. The molecule has 2 heteroatoms. The lowest BCUT2D eigenvalue weighted by Gasteiger charge is -2.22. The lowest BCUT2D eigenvalue weighted by atomic mass is 9.96. The zero-order valence-electron chi connectivity index (χ0n) is 10.4. The minimum absolute atomic E-state index is 0.165. The molecule has 90 valence electrons. The zero-order valence-corrected chi connectivity index (χ0v) is 10.4. The van der Waals surface area contributed by atoms with Crippen LogP contribution < -0.4 is 5.32 Å². The topological polar surface area (TPSA) is 35.8 Å². The molecule has 2 atom stereocenters. The van der Waals surface area contributed by atoms with E-state index in [9.17, 15) is 5.26 Å². The molecule has 1 aromatic rings. The van der Waals surface area contributed by atoms with Crippen LogP contribution >= 0.6 is 0 Å². The minimum atomic E-state index is 0.165. The van der Waals surface area contributed by atoms with Crippen molar-refractivity contribution in [1.29, 1.82) is 5.26 Å². The molecular weight excluding hydrogens is 208 g/mol. The Morgan fingerprint density at radius 2 is 2.06 bits per heavy atom. The van der Waals surface area contributed by atoms with E-state index in [0.29, 0.717) is 6.04 Å². The molecule has 1 aromatic carbocycles. The largest absolute Gasteiger partial charge is 0.381 e. The lowest BCUT2D eigenvalue weighted by Crippen LogP contribution is -2.27. The first-order chi connectivity index (χ1) is 8.29. The summed E-state index contributed by atoms with van der Waals surface area (Å²) in [4.78, 5) is 0. The molecule has 0 amide bonds. The summed E-state index contributed by atoms with van der Waals surface area (Å²) in [5.74, 6) is 0.165. The van der Waals surface area contributed by atoms with Crippen LogP contribution in [0.5, 0.6) is 0 Å². The monoisotopic (exact) mass is 228 g/mol. The third kappa shape index (κ3) is 3.23. The Morgan fingerprint density at radius 3 is 2.82 bits per heavy atom. The van der Waals surface area contributed by atoms with Gasteiger partial charge in [-0.25, -0.2) is 0 Å². The van der Waals surface area contributed by atoms with Gasteiger partial charge in [0.05, 0.1) is 12.0 Å². The van der Waals surface area contributed by atoms with Gasteiger partial charge >= 0.3 is 0 Å². The molecule has 0 bridgehead atoms. The Balaban J connectivity index is 2.07. The Hall–Kier alpha value is -1.49. The van der Waals surface area contributed by atoms with Gasteiger partial charge in [-0.2, -0.15) is 5.26 Å². The smallest absolute Gasteiger partial charge is 0.0677 e. The SMILES string of the molecule is Cc1cccc(NC2CCCCCC2C#N)c1. The van der Waals surface area contributed by atoms with Crippen LogP contribution in [0.25, 0.3) is 0 Å². The molecule has 17 heavy (non-hydrogen) atoms. The van der Waals surface area contributed by atoms with Crippen LogP contribution in [0.4, 0.5) is 5.69 Å². The summed E-state index contributed by atoms with van der Waals surface area (Å²) in [7, 11) is 0. The van der Waals surface area contributed by atoms with Crippen molar-refractivity contribution in [2.24, 2.45) is 5.92 Å². The Morgan fingerprint density at radius 1 is 1.24 bits per heavy atom. The Labute approximate surface area is 104 Å². The van der Waals surface area contributed by atoms with E-state index in [-0.39, 0.29) is 5.92 Å². The fourth-order valence-corrected chi connectivity index (χ4v) is 2.58. The fraction of sp³-hybridized carbons (Fsp3) is 0.533. The zero-order chi connectivity index (χ0) is 12.1. The van der Waals surface area contributed by atoms with Crippen molar-refractivity contribution in [3.05, 3.63) is 29.8 Å². The predicted octanol–water partition coefficient (Wildman–Crippen LogP) is 3.88. The van der Waals surface area contributed by atoms with Crippen LogP contribution in [0.15, 0.2) is 24.3 Å². The summed E-state index contributed by atoms with van der Waals surface area (Å²) < 4.78 is 0. The third-order valence-electron chi connectivity index (χ3n) is 3.55. The predicted molar refractivity (Wildman–Crippen MR) is 70.8 cm³/mol. The van der Waals surface area contributed by atoms with Crippen molar-refractivity contribution in [1.82, 2.24) is 0 Å². The van der Waals surface area contributed by atoms with E-state index in [1.54, 1.807) is 0 Å². The van der Waals surface area contributed by atoms with Gasteiger partial charge in [0.25, 0.3) is 0 Å². The van der Waals surface area contributed by atoms with Crippen molar-refractivity contribution < 1.29 is 0 Å². The normalized spacial score (nSPS) is 24.7. The number of nitrogens with one attached hydrogen (secondary N) is 1. The van der Waals surface area contributed by atoms with E-state index in [4.69, 9.17) is 0 Å². The third-order valence-corrected chi connectivity index (χ3v) is 3.55. The quantitative estimate of drug-likeness (QED) is 0.780. The first-order valence-corrected chi connectivity index (χ1v) is 6.52. The summed E-state index contributed by atoms with van der Waals surface area (Å²) >= 11 is 0. The van der Waals surface area contributed by atoms with Crippen molar-refractivity contribution in [3.8, 4) is 6.07 Å². The first-order valence-electron chi connectivity index (χ1n) is 6.52. The number of nitrogens with zero attached hydrogens (tertiary/aromatic N) is 1. The number of benzene rings is 1. The highest BCUT2D eigenvalue weighted by molar-refractivity contribution is 5.46. The van der Waals surface area contributed by atoms with E-state index in [0.717, 1.165) is 18.5 Å². The van der Waals surface area contributed by atoms with E-state index < -0.39 is 0 Å². The van der Waals surface area contributed by atoms with Crippen molar-refractivity contribution >= 4 is 5.69 Å². The highest BCUT2D eigenvalue weighted by atomic mass is 14.9. The number of nitriles is 1. The maximum atomic E-state index is 9.23. The second kappa shape index (κ2) is 5.72. The summed E-state index contributed by atoms with van der Waals surface area (Å²) in [6.07, 6.45) is 5.86. The van der Waals surface area contributed by atoms with Gasteiger partial charge in [0.15, 0.2) is 0 Å². The number of aryl methyl sites for hydroxylation is 1. The Kier molecular flexibility index (Phi) is 4.03. The summed E-state index contributed by atoms with van der Waals surface area (Å²) in [6.45, 7) is 2.10. The molecule has 2 nitrogen and oxygen atoms in total. The molecule has 0 aliphatic heterocycles. The van der Waals surface area contributed by atoms with E-state index in [2.05, 4.69) is 42.6 Å². The molecule has 1 saturated carbocycles. The number of hydrogen-bond acceptors (Lipinski definition) is 2. The van der Waals surface area contributed by atoms with E-state index >= 15 is 0 Å². The molecule has 2 rings (SSSR count). The van der Waals surface area contributed by atoms with Crippen LogP contribution in [-0.2, 0) is 0 Å². The molecule has 0 heterocycles. The van der Waals surface area contributed by atoms with Crippen LogP contribution in [-0.4, -0.2) is 6.04 Å². The maximum Gasteiger partial charge on any atom is 0.0677 e. The first kappa shape index (κ1) is 12.0. The van der Waals surface area contributed by atoms with Crippen LogP contribution in [0.2, 0.25) is 0 Å². The number of rotatable bonds is 2. The number of anilines is 1. The minimum Gasteiger partial charge on any atom is -0.381 e. The van der Waals surface area contributed by atoms with Gasteiger partial charge in [-0.05, 0) is 37.5 Å².